The number of guanidine groups is 1. The van der Waals surface area contributed by atoms with Gasteiger partial charge in [-0.1, -0.05) is 6.07 Å². The van der Waals surface area contributed by atoms with Gasteiger partial charge < -0.3 is 24.8 Å². The molecule has 27 heavy (non-hydrogen) atoms. The Morgan fingerprint density at radius 2 is 1.96 bits per heavy atom. The average Bonchev–Trinajstić information content (AvgIpc) is 2.62. The summed E-state index contributed by atoms with van der Waals surface area (Å²) in [5.41, 5.74) is 0.787. The summed E-state index contributed by atoms with van der Waals surface area (Å²) in [6.07, 6.45) is -2.11. The van der Waals surface area contributed by atoms with Crippen LogP contribution < -0.4 is 15.4 Å². The number of nitrogens with one attached hydrogen (secondary N) is 2. The van der Waals surface area contributed by atoms with Crippen LogP contribution in [0.15, 0.2) is 23.3 Å². The molecule has 0 saturated heterocycles. The van der Waals surface area contributed by atoms with E-state index in [0.29, 0.717) is 38.9 Å². The van der Waals surface area contributed by atoms with Gasteiger partial charge in [-0.2, -0.15) is 13.2 Å². The van der Waals surface area contributed by atoms with Crippen LogP contribution in [-0.4, -0.2) is 64.2 Å². The number of halogens is 4. The first-order valence-electron chi connectivity index (χ1n) is 8.10. The first-order chi connectivity index (χ1) is 12.4. The normalized spacial score (nSPS) is 11.7. The van der Waals surface area contributed by atoms with Crippen LogP contribution in [0.25, 0.3) is 0 Å². The lowest BCUT2D eigenvalue weighted by molar-refractivity contribution is -0.154. The molecule has 2 N–H and O–H groups in total. The monoisotopic (exact) mass is 506 g/mol. The summed E-state index contributed by atoms with van der Waals surface area (Å²) < 4.78 is 51.0. The maximum Gasteiger partial charge on any atom is 0.422 e. The van der Waals surface area contributed by atoms with E-state index in [2.05, 4.69) is 25.3 Å². The second-order valence-electron chi connectivity index (χ2n) is 5.22. The Bertz CT molecular complexity index is 531. The van der Waals surface area contributed by atoms with Crippen LogP contribution in [0.4, 0.5) is 13.2 Å². The lowest BCUT2D eigenvalue weighted by atomic mass is 10.3. The smallest absolute Gasteiger partial charge is 0.422 e. The van der Waals surface area contributed by atoms with Gasteiger partial charge in [0, 0.05) is 46.1 Å². The van der Waals surface area contributed by atoms with Gasteiger partial charge in [-0.25, -0.2) is 4.98 Å². The van der Waals surface area contributed by atoms with Gasteiger partial charge >= 0.3 is 6.18 Å². The zero-order valence-electron chi connectivity index (χ0n) is 15.3. The maximum atomic E-state index is 12.1. The molecule has 0 fully saturated rings. The van der Waals surface area contributed by atoms with Crippen LogP contribution in [0, 0.1) is 0 Å². The minimum atomic E-state index is -4.38. The van der Waals surface area contributed by atoms with Gasteiger partial charge in [0.25, 0.3) is 0 Å². The van der Waals surface area contributed by atoms with Crippen LogP contribution in [-0.2, 0) is 16.0 Å². The topological polar surface area (TPSA) is 77.0 Å². The first-order valence-corrected chi connectivity index (χ1v) is 8.10. The fourth-order valence-electron chi connectivity index (χ4n) is 1.79. The Kier molecular flexibility index (Phi) is 14.0. The van der Waals surface area contributed by atoms with Crippen LogP contribution in [0.3, 0.4) is 0 Å². The highest BCUT2D eigenvalue weighted by Crippen LogP contribution is 2.16. The van der Waals surface area contributed by atoms with Gasteiger partial charge in [0.15, 0.2) is 12.6 Å². The van der Waals surface area contributed by atoms with E-state index >= 15 is 0 Å². The van der Waals surface area contributed by atoms with E-state index in [1.54, 1.807) is 20.2 Å². The number of pyridine rings is 1. The van der Waals surface area contributed by atoms with Crippen LogP contribution in [0.2, 0.25) is 0 Å². The van der Waals surface area contributed by atoms with Crippen molar-refractivity contribution < 1.29 is 27.4 Å². The molecule has 0 aliphatic carbocycles. The van der Waals surface area contributed by atoms with E-state index in [0.717, 1.165) is 12.0 Å². The number of aliphatic imine (C=N–C) groups is 1. The highest BCUT2D eigenvalue weighted by Gasteiger charge is 2.28. The van der Waals surface area contributed by atoms with Gasteiger partial charge in [0.1, 0.15) is 0 Å². The van der Waals surface area contributed by atoms with Crippen molar-refractivity contribution in [3.05, 3.63) is 23.9 Å². The second-order valence-corrected chi connectivity index (χ2v) is 5.22. The van der Waals surface area contributed by atoms with Crippen LogP contribution in [0.1, 0.15) is 12.0 Å². The number of rotatable bonds is 11. The number of alkyl halides is 3. The van der Waals surface area contributed by atoms with Crippen molar-refractivity contribution in [3.63, 3.8) is 0 Å². The molecule has 0 amide bonds. The molecular formula is C16H26F3IN4O3. The summed E-state index contributed by atoms with van der Waals surface area (Å²) in [6, 6.07) is 3.04. The van der Waals surface area contributed by atoms with Gasteiger partial charge in [-0.3, -0.25) is 4.99 Å². The predicted octanol–water partition coefficient (Wildman–Crippen LogP) is 2.36. The molecule has 0 aliphatic heterocycles. The van der Waals surface area contributed by atoms with Crippen molar-refractivity contribution in [2.45, 2.75) is 19.1 Å². The highest BCUT2D eigenvalue weighted by atomic mass is 127. The molecule has 156 valence electrons. The minimum absolute atomic E-state index is 0. The molecule has 0 atom stereocenters. The molecule has 0 spiro atoms. The summed E-state index contributed by atoms with van der Waals surface area (Å²) in [7, 11) is 3.27. The third-order valence-corrected chi connectivity index (χ3v) is 3.05. The standard InChI is InChI=1S/C16H25F3N4O3.HI/c1-20-15(21-6-3-7-25-9-8-24-2)23-11-13-4-5-14(22-10-13)26-12-16(17,18)19;/h4-5,10H,3,6-9,11-12H2,1-2H3,(H2,20,21,23);1H. The number of nitrogens with zero attached hydrogens (tertiary/aromatic N) is 2. The fourth-order valence-corrected chi connectivity index (χ4v) is 1.79. The lowest BCUT2D eigenvalue weighted by Gasteiger charge is -2.12. The van der Waals surface area contributed by atoms with Crippen molar-refractivity contribution in [2.75, 3.05) is 47.1 Å². The van der Waals surface area contributed by atoms with E-state index < -0.39 is 12.8 Å². The molecule has 11 heteroatoms. The van der Waals surface area contributed by atoms with Gasteiger partial charge in [0.2, 0.25) is 5.88 Å². The molecule has 0 aromatic carbocycles. The Balaban J connectivity index is 0.00000676. The van der Waals surface area contributed by atoms with E-state index in [9.17, 15) is 13.2 Å². The van der Waals surface area contributed by atoms with Crippen LogP contribution in [0.5, 0.6) is 5.88 Å². The number of ether oxygens (including phenoxy) is 3. The maximum absolute atomic E-state index is 12.1. The zero-order chi connectivity index (χ0) is 19.3. The predicted molar refractivity (Wildman–Crippen MR) is 107 cm³/mol. The zero-order valence-corrected chi connectivity index (χ0v) is 17.7. The van der Waals surface area contributed by atoms with Gasteiger partial charge in [-0.05, 0) is 12.0 Å². The minimum Gasteiger partial charge on any atom is -0.468 e. The fraction of sp³-hybridized carbons (Fsp3) is 0.625. The quantitative estimate of drug-likeness (QED) is 0.208. The Hall–Kier alpha value is -1.34. The molecule has 7 nitrogen and oxygen atoms in total. The number of methoxy groups -OCH3 is 1. The third-order valence-electron chi connectivity index (χ3n) is 3.05. The lowest BCUT2D eigenvalue weighted by Crippen LogP contribution is -2.37. The van der Waals surface area contributed by atoms with Crippen molar-refractivity contribution in [2.24, 2.45) is 4.99 Å². The molecule has 0 bridgehead atoms. The third kappa shape index (κ3) is 13.5. The summed E-state index contributed by atoms with van der Waals surface area (Å²) in [5, 5.41) is 6.23. The Labute approximate surface area is 174 Å². The van der Waals surface area contributed by atoms with Crippen molar-refractivity contribution in [1.82, 2.24) is 15.6 Å². The highest BCUT2D eigenvalue weighted by molar-refractivity contribution is 14.0. The van der Waals surface area contributed by atoms with E-state index in [4.69, 9.17) is 9.47 Å². The SMILES string of the molecule is CN=C(NCCCOCCOC)NCc1ccc(OCC(F)(F)F)nc1.I. The largest absolute Gasteiger partial charge is 0.468 e. The van der Waals surface area contributed by atoms with Crippen LogP contribution >= 0.6 is 24.0 Å². The molecule has 1 aromatic rings. The average molecular weight is 506 g/mol. The number of hydrogen-bond acceptors (Lipinski definition) is 5. The summed E-state index contributed by atoms with van der Waals surface area (Å²) in [5.74, 6) is 0.543. The first kappa shape index (κ1) is 25.7. The number of aromatic nitrogens is 1. The molecule has 1 rings (SSSR count). The molecule has 1 heterocycles. The molecular weight excluding hydrogens is 480 g/mol. The second kappa shape index (κ2) is 14.7. The van der Waals surface area contributed by atoms with Gasteiger partial charge in [0.05, 0.1) is 13.2 Å². The van der Waals surface area contributed by atoms with Crippen molar-refractivity contribution >= 4 is 29.9 Å². The Morgan fingerprint density at radius 1 is 1.19 bits per heavy atom. The van der Waals surface area contributed by atoms with E-state index in [1.807, 2.05) is 0 Å². The molecule has 0 saturated carbocycles. The molecule has 0 unspecified atom stereocenters. The summed E-state index contributed by atoms with van der Waals surface area (Å²) >= 11 is 0. The van der Waals surface area contributed by atoms with E-state index in [-0.39, 0.29) is 29.9 Å². The molecule has 0 radical (unpaired) electrons. The van der Waals surface area contributed by atoms with Crippen molar-refractivity contribution in [3.8, 4) is 5.88 Å². The molecule has 1 aromatic heterocycles. The van der Waals surface area contributed by atoms with E-state index in [1.165, 1.54) is 12.3 Å². The summed E-state index contributed by atoms with van der Waals surface area (Å²) in [4.78, 5) is 7.94. The van der Waals surface area contributed by atoms with Crippen molar-refractivity contribution in [1.29, 1.82) is 0 Å². The Morgan fingerprint density at radius 3 is 2.56 bits per heavy atom. The number of hydrogen-bond donors (Lipinski definition) is 2. The molecule has 0 aliphatic rings. The van der Waals surface area contributed by atoms with Gasteiger partial charge in [-0.15, -0.1) is 24.0 Å². The summed E-state index contributed by atoms with van der Waals surface area (Å²) in [6.45, 7) is 1.52.